The van der Waals surface area contributed by atoms with Gasteiger partial charge in [-0.25, -0.2) is 0 Å². The highest BCUT2D eigenvalue weighted by molar-refractivity contribution is 6.54. The summed E-state index contributed by atoms with van der Waals surface area (Å²) in [5.74, 6) is 0. The predicted molar refractivity (Wildman–Crippen MR) is 48.2 cm³/mol. The molecule has 0 atom stereocenters. The fraction of sp³-hybridized carbons (Fsp3) is 1.00. The first-order valence-electron chi connectivity index (χ1n) is 3.87. The van der Waals surface area contributed by atoms with Crippen molar-refractivity contribution < 1.29 is 0 Å². The van der Waals surface area contributed by atoms with Crippen LogP contribution in [0.15, 0.2) is 4.30 Å². The molecule has 0 aliphatic heterocycles. The van der Waals surface area contributed by atoms with Gasteiger partial charge in [0.1, 0.15) is 18.3 Å². The molecule has 1 nitrogen and oxygen atoms in total. The van der Waals surface area contributed by atoms with Crippen LogP contribution in [0.5, 0.6) is 0 Å². The minimum Gasteiger partial charge on any atom is -0.374 e. The van der Waals surface area contributed by atoms with Crippen molar-refractivity contribution in [3.8, 4) is 0 Å². The van der Waals surface area contributed by atoms with Crippen molar-refractivity contribution in [2.75, 3.05) is 0 Å². The molecule has 0 N–H and O–H groups in total. The Kier molecular flexibility index (Phi) is 6.52. The standard InChI is InChI=1S/C6H17NSi2/c1-4-8-7-9(5-2)6-3/h4-6,8H2,1-3H3. The highest BCUT2D eigenvalue weighted by Gasteiger charge is 1.90. The van der Waals surface area contributed by atoms with Crippen molar-refractivity contribution in [1.82, 2.24) is 0 Å². The second-order valence-electron chi connectivity index (χ2n) is 2.16. The maximum absolute atomic E-state index is 4.72. The van der Waals surface area contributed by atoms with Crippen LogP contribution in [0.25, 0.3) is 0 Å². The van der Waals surface area contributed by atoms with Gasteiger partial charge in [-0.1, -0.05) is 20.8 Å². The van der Waals surface area contributed by atoms with E-state index in [4.69, 9.17) is 4.30 Å². The molecule has 0 aliphatic carbocycles. The van der Waals surface area contributed by atoms with Crippen molar-refractivity contribution in [2.45, 2.75) is 38.9 Å². The number of rotatable bonds is 4. The molecule has 9 heavy (non-hydrogen) atoms. The molecule has 0 radical (unpaired) electrons. The second-order valence-corrected chi connectivity index (χ2v) is 7.41. The third-order valence-electron chi connectivity index (χ3n) is 1.38. The van der Waals surface area contributed by atoms with Crippen LogP contribution in [-0.2, 0) is 0 Å². The van der Waals surface area contributed by atoms with Gasteiger partial charge in [0.25, 0.3) is 0 Å². The van der Waals surface area contributed by atoms with Gasteiger partial charge in [0, 0.05) is 0 Å². The third-order valence-corrected chi connectivity index (χ3v) is 6.14. The molecule has 0 fully saturated rings. The van der Waals surface area contributed by atoms with Crippen LogP contribution in [0.4, 0.5) is 0 Å². The number of hydrogen-bond acceptors (Lipinski definition) is 1. The van der Waals surface area contributed by atoms with Gasteiger partial charge in [-0.05, 0) is 18.1 Å². The molecular weight excluding hydrogens is 142 g/mol. The number of hydrogen-bond donors (Lipinski definition) is 0. The molecule has 0 rings (SSSR count). The summed E-state index contributed by atoms with van der Waals surface area (Å²) < 4.78 is 4.72. The lowest BCUT2D eigenvalue weighted by Gasteiger charge is -1.94. The second kappa shape index (κ2) is 6.36. The van der Waals surface area contributed by atoms with Crippen LogP contribution in [0.2, 0.25) is 18.1 Å². The highest BCUT2D eigenvalue weighted by atomic mass is 28.3. The lowest BCUT2D eigenvalue weighted by atomic mass is 11.0. The van der Waals surface area contributed by atoms with Crippen LogP contribution in [0, 0.1) is 0 Å². The monoisotopic (exact) mass is 159 g/mol. The van der Waals surface area contributed by atoms with E-state index in [1.54, 1.807) is 0 Å². The molecule has 0 heterocycles. The Morgan fingerprint density at radius 3 is 2.11 bits per heavy atom. The lowest BCUT2D eigenvalue weighted by molar-refractivity contribution is 1.32. The third kappa shape index (κ3) is 4.72. The Morgan fingerprint density at radius 2 is 1.78 bits per heavy atom. The SMILES string of the molecule is CC[SiH2]N=[Si](CC)CC. The zero-order valence-corrected chi connectivity index (χ0v) is 9.19. The molecule has 0 spiro atoms. The summed E-state index contributed by atoms with van der Waals surface area (Å²) >= 11 is 0. The van der Waals surface area contributed by atoms with Crippen molar-refractivity contribution in [3.05, 3.63) is 0 Å². The Hall–Kier alpha value is 0.234. The summed E-state index contributed by atoms with van der Waals surface area (Å²) in [7, 11) is -0.177. The Morgan fingerprint density at radius 1 is 1.22 bits per heavy atom. The van der Waals surface area contributed by atoms with E-state index in [9.17, 15) is 0 Å². The van der Waals surface area contributed by atoms with Gasteiger partial charge < -0.3 is 4.30 Å². The summed E-state index contributed by atoms with van der Waals surface area (Å²) in [5.41, 5.74) is 0. The molecule has 0 aliphatic rings. The summed E-state index contributed by atoms with van der Waals surface area (Å²) in [6.45, 7) is 6.79. The zero-order valence-electron chi connectivity index (χ0n) is 6.78. The van der Waals surface area contributed by atoms with Gasteiger partial charge in [-0.2, -0.15) is 0 Å². The number of nitrogens with zero attached hydrogens (tertiary/aromatic N) is 1. The minimum absolute atomic E-state index is 0.0226. The molecule has 0 aromatic heterocycles. The van der Waals surface area contributed by atoms with Gasteiger partial charge in [0.2, 0.25) is 0 Å². The minimum atomic E-state index is -0.199. The topological polar surface area (TPSA) is 12.4 Å². The van der Waals surface area contributed by atoms with Crippen LogP contribution in [0.3, 0.4) is 0 Å². The largest absolute Gasteiger partial charge is 0.374 e. The molecule has 0 amide bonds. The van der Waals surface area contributed by atoms with Crippen LogP contribution < -0.4 is 0 Å². The molecule has 0 bridgehead atoms. The van der Waals surface area contributed by atoms with E-state index in [1.807, 2.05) is 0 Å². The van der Waals surface area contributed by atoms with Crippen LogP contribution >= 0.6 is 0 Å². The van der Waals surface area contributed by atoms with Crippen molar-refractivity contribution in [1.29, 1.82) is 0 Å². The van der Waals surface area contributed by atoms with Gasteiger partial charge in [-0.3, -0.25) is 0 Å². The first-order chi connectivity index (χ1) is 4.35. The lowest BCUT2D eigenvalue weighted by Crippen LogP contribution is -1.97. The molecular formula is C6H17NSi2. The van der Waals surface area contributed by atoms with E-state index in [0.717, 1.165) is 0 Å². The van der Waals surface area contributed by atoms with Gasteiger partial charge in [0.05, 0.1) is 0 Å². The summed E-state index contributed by atoms with van der Waals surface area (Å²) in [4.78, 5) is 0. The molecule has 0 unspecified atom stereocenters. The van der Waals surface area contributed by atoms with Gasteiger partial charge >= 0.3 is 0 Å². The van der Waals surface area contributed by atoms with Gasteiger partial charge in [-0.15, -0.1) is 0 Å². The quantitative estimate of drug-likeness (QED) is 0.555. The average Bonchev–Trinajstić information content (AvgIpc) is 1.91. The predicted octanol–water partition coefficient (Wildman–Crippen LogP) is 1.81. The molecule has 0 saturated heterocycles. The normalized spacial score (nSPS) is 10.6. The highest BCUT2D eigenvalue weighted by Crippen LogP contribution is 1.91. The van der Waals surface area contributed by atoms with Crippen LogP contribution in [-0.4, -0.2) is 18.3 Å². The van der Waals surface area contributed by atoms with E-state index in [2.05, 4.69) is 20.8 Å². The van der Waals surface area contributed by atoms with E-state index in [-0.39, 0.29) is 18.3 Å². The van der Waals surface area contributed by atoms with E-state index in [0.29, 0.717) is 0 Å². The zero-order chi connectivity index (χ0) is 7.11. The Balaban J connectivity index is 3.48. The van der Waals surface area contributed by atoms with Crippen molar-refractivity contribution in [3.63, 3.8) is 0 Å². The average molecular weight is 159 g/mol. The Bertz CT molecular complexity index is 85.1. The van der Waals surface area contributed by atoms with Crippen molar-refractivity contribution >= 4 is 18.3 Å². The maximum atomic E-state index is 4.72. The molecule has 3 heteroatoms. The molecule has 0 saturated carbocycles. The molecule has 0 aromatic carbocycles. The Labute approximate surface area is 62.1 Å². The van der Waals surface area contributed by atoms with Crippen LogP contribution in [0.1, 0.15) is 20.8 Å². The fourth-order valence-corrected chi connectivity index (χ4v) is 5.19. The summed E-state index contributed by atoms with van der Waals surface area (Å²) in [5, 5.41) is 0. The first kappa shape index (κ1) is 9.23. The molecule has 0 aromatic rings. The maximum Gasteiger partial charge on any atom is 0.135 e. The van der Waals surface area contributed by atoms with E-state index in [1.165, 1.54) is 18.1 Å². The van der Waals surface area contributed by atoms with Crippen molar-refractivity contribution in [2.24, 2.45) is 4.30 Å². The first-order valence-corrected chi connectivity index (χ1v) is 7.36. The van der Waals surface area contributed by atoms with E-state index < -0.39 is 0 Å². The van der Waals surface area contributed by atoms with E-state index >= 15 is 0 Å². The van der Waals surface area contributed by atoms with Gasteiger partial charge in [0.15, 0.2) is 0 Å². The fourth-order valence-electron chi connectivity index (χ4n) is 0.744. The smallest absolute Gasteiger partial charge is 0.135 e. The summed E-state index contributed by atoms with van der Waals surface area (Å²) in [6, 6.07) is 4.04. The summed E-state index contributed by atoms with van der Waals surface area (Å²) in [6.07, 6.45) is 0. The molecule has 54 valence electrons.